The van der Waals surface area contributed by atoms with Crippen LogP contribution in [0.25, 0.3) is 11.1 Å². The van der Waals surface area contributed by atoms with E-state index in [4.69, 9.17) is 0 Å². The first kappa shape index (κ1) is 10.5. The van der Waals surface area contributed by atoms with Gasteiger partial charge in [-0.1, -0.05) is 0 Å². The zero-order valence-electron chi connectivity index (χ0n) is 9.58. The number of pyridine rings is 1. The van der Waals surface area contributed by atoms with E-state index < -0.39 is 5.60 Å². The lowest BCUT2D eigenvalue weighted by Crippen LogP contribution is -2.41. The maximum absolute atomic E-state index is 10.1. The third kappa shape index (κ3) is 2.08. The Bertz CT molecular complexity index is 502. The van der Waals surface area contributed by atoms with E-state index >= 15 is 0 Å². The highest BCUT2D eigenvalue weighted by atomic mass is 16.3. The average molecular weight is 229 g/mol. The highest BCUT2D eigenvalue weighted by Gasteiger charge is 2.34. The first-order chi connectivity index (χ1) is 8.25. The molecule has 0 spiro atoms. The van der Waals surface area contributed by atoms with Gasteiger partial charge in [0, 0.05) is 24.2 Å². The first-order valence-electron chi connectivity index (χ1n) is 5.90. The van der Waals surface area contributed by atoms with Gasteiger partial charge in [-0.2, -0.15) is 5.10 Å². The summed E-state index contributed by atoms with van der Waals surface area (Å²) in [5.41, 5.74) is 1.64. The van der Waals surface area contributed by atoms with E-state index in [1.54, 1.807) is 12.4 Å². The van der Waals surface area contributed by atoms with Crippen molar-refractivity contribution >= 4 is 0 Å². The molecule has 88 valence electrons. The molecule has 2 aromatic heterocycles. The fraction of sp³-hybridized carbons (Fsp3) is 0.385. The van der Waals surface area contributed by atoms with E-state index in [1.165, 1.54) is 0 Å². The highest BCUT2D eigenvalue weighted by molar-refractivity contribution is 5.60. The largest absolute Gasteiger partial charge is 0.388 e. The summed E-state index contributed by atoms with van der Waals surface area (Å²) >= 11 is 0. The Hall–Kier alpha value is -1.68. The van der Waals surface area contributed by atoms with Crippen molar-refractivity contribution < 1.29 is 5.11 Å². The molecule has 4 heteroatoms. The van der Waals surface area contributed by atoms with Crippen LogP contribution in [0.1, 0.15) is 19.3 Å². The number of aliphatic hydroxyl groups is 1. The standard InChI is InChI=1S/C13H15N3O/c17-13(4-1-5-13)10-16-9-12(8-15-16)11-2-6-14-7-3-11/h2-3,6-9,17H,1,4-5,10H2. The Morgan fingerprint density at radius 3 is 2.65 bits per heavy atom. The number of hydrogen-bond donors (Lipinski definition) is 1. The van der Waals surface area contributed by atoms with Gasteiger partial charge in [-0.05, 0) is 37.0 Å². The molecule has 3 rings (SSSR count). The molecule has 2 aromatic rings. The van der Waals surface area contributed by atoms with Crippen molar-refractivity contribution in [3.05, 3.63) is 36.9 Å². The van der Waals surface area contributed by atoms with Crippen LogP contribution in [-0.2, 0) is 6.54 Å². The van der Waals surface area contributed by atoms with Gasteiger partial charge in [0.25, 0.3) is 0 Å². The predicted molar refractivity (Wildman–Crippen MR) is 64.3 cm³/mol. The van der Waals surface area contributed by atoms with Crippen LogP contribution < -0.4 is 0 Å². The maximum Gasteiger partial charge on any atom is 0.0842 e. The van der Waals surface area contributed by atoms with Crippen LogP contribution in [0, 0.1) is 0 Å². The summed E-state index contributed by atoms with van der Waals surface area (Å²) in [7, 11) is 0. The first-order valence-corrected chi connectivity index (χ1v) is 5.90. The molecule has 1 saturated carbocycles. The molecular formula is C13H15N3O. The van der Waals surface area contributed by atoms with Crippen LogP contribution in [0.2, 0.25) is 0 Å². The Labute approximate surface area is 99.9 Å². The smallest absolute Gasteiger partial charge is 0.0842 e. The number of hydrogen-bond acceptors (Lipinski definition) is 3. The van der Waals surface area contributed by atoms with Gasteiger partial charge in [0.2, 0.25) is 0 Å². The van der Waals surface area contributed by atoms with Crippen LogP contribution in [0.5, 0.6) is 0 Å². The summed E-state index contributed by atoms with van der Waals surface area (Å²) in [4.78, 5) is 3.99. The van der Waals surface area contributed by atoms with Gasteiger partial charge in [-0.25, -0.2) is 0 Å². The molecule has 0 aromatic carbocycles. The normalized spacial score (nSPS) is 17.7. The van der Waals surface area contributed by atoms with E-state index in [0.29, 0.717) is 6.54 Å². The lowest BCUT2D eigenvalue weighted by molar-refractivity contribution is -0.0498. The Morgan fingerprint density at radius 1 is 1.24 bits per heavy atom. The molecule has 2 heterocycles. The van der Waals surface area contributed by atoms with Crippen LogP contribution in [0.3, 0.4) is 0 Å². The second-order valence-corrected chi connectivity index (χ2v) is 4.74. The van der Waals surface area contributed by atoms with E-state index in [2.05, 4.69) is 10.1 Å². The monoisotopic (exact) mass is 229 g/mol. The topological polar surface area (TPSA) is 50.9 Å². The van der Waals surface area contributed by atoms with Crippen LogP contribution in [0.15, 0.2) is 36.9 Å². The van der Waals surface area contributed by atoms with Gasteiger partial charge in [0.1, 0.15) is 0 Å². The molecule has 17 heavy (non-hydrogen) atoms. The second kappa shape index (κ2) is 3.96. The van der Waals surface area contributed by atoms with Gasteiger partial charge in [-0.15, -0.1) is 0 Å². The minimum absolute atomic E-state index is 0.526. The van der Waals surface area contributed by atoms with Crippen molar-refractivity contribution in [2.75, 3.05) is 0 Å². The minimum atomic E-state index is -0.526. The minimum Gasteiger partial charge on any atom is -0.388 e. The van der Waals surface area contributed by atoms with Crippen molar-refractivity contribution in [3.8, 4) is 11.1 Å². The molecule has 0 saturated heterocycles. The van der Waals surface area contributed by atoms with Gasteiger partial charge in [0.15, 0.2) is 0 Å². The van der Waals surface area contributed by atoms with Crippen molar-refractivity contribution in [3.63, 3.8) is 0 Å². The summed E-state index contributed by atoms with van der Waals surface area (Å²) in [6, 6.07) is 3.92. The molecule has 1 aliphatic carbocycles. The van der Waals surface area contributed by atoms with Gasteiger partial charge >= 0.3 is 0 Å². The van der Waals surface area contributed by atoms with Crippen LogP contribution in [0.4, 0.5) is 0 Å². The van der Waals surface area contributed by atoms with E-state index in [1.807, 2.05) is 29.2 Å². The summed E-state index contributed by atoms with van der Waals surface area (Å²) < 4.78 is 1.83. The van der Waals surface area contributed by atoms with E-state index in [0.717, 1.165) is 30.4 Å². The molecule has 0 amide bonds. The van der Waals surface area contributed by atoms with Crippen LogP contribution in [-0.4, -0.2) is 25.5 Å². The summed E-state index contributed by atoms with van der Waals surface area (Å²) in [5.74, 6) is 0. The zero-order chi connectivity index (χ0) is 11.7. The molecule has 1 N–H and O–H groups in total. The quantitative estimate of drug-likeness (QED) is 0.874. The van der Waals surface area contributed by atoms with E-state index in [-0.39, 0.29) is 0 Å². The summed E-state index contributed by atoms with van der Waals surface area (Å²) in [6.45, 7) is 0.595. The molecule has 4 nitrogen and oxygen atoms in total. The molecule has 0 bridgehead atoms. The highest BCUT2D eigenvalue weighted by Crippen LogP contribution is 2.33. The van der Waals surface area contributed by atoms with Gasteiger partial charge in [0.05, 0.1) is 18.3 Å². The lowest BCUT2D eigenvalue weighted by atomic mass is 9.80. The van der Waals surface area contributed by atoms with Crippen molar-refractivity contribution in [1.29, 1.82) is 0 Å². The Morgan fingerprint density at radius 2 is 2.00 bits per heavy atom. The third-order valence-electron chi connectivity index (χ3n) is 3.39. The van der Waals surface area contributed by atoms with Crippen LogP contribution >= 0.6 is 0 Å². The average Bonchev–Trinajstić information content (AvgIpc) is 2.77. The van der Waals surface area contributed by atoms with Gasteiger partial charge in [-0.3, -0.25) is 9.67 Å². The molecule has 0 unspecified atom stereocenters. The molecule has 1 fully saturated rings. The molecule has 0 aliphatic heterocycles. The molecule has 1 aliphatic rings. The zero-order valence-corrected chi connectivity index (χ0v) is 9.58. The molecular weight excluding hydrogens is 214 g/mol. The fourth-order valence-corrected chi connectivity index (χ4v) is 2.19. The Balaban J connectivity index is 1.79. The Kier molecular flexibility index (Phi) is 2.44. The maximum atomic E-state index is 10.1. The predicted octanol–water partition coefficient (Wildman–Crippen LogP) is 1.86. The van der Waals surface area contributed by atoms with E-state index in [9.17, 15) is 5.11 Å². The molecule has 0 atom stereocenters. The fourth-order valence-electron chi connectivity index (χ4n) is 2.19. The number of nitrogens with zero attached hydrogens (tertiary/aromatic N) is 3. The molecule has 0 radical (unpaired) electrons. The third-order valence-corrected chi connectivity index (χ3v) is 3.39. The van der Waals surface area contributed by atoms with Gasteiger partial charge < -0.3 is 5.11 Å². The number of aromatic nitrogens is 3. The van der Waals surface area contributed by atoms with Crippen molar-refractivity contribution in [1.82, 2.24) is 14.8 Å². The number of rotatable bonds is 3. The SMILES string of the molecule is OC1(Cn2cc(-c3ccncc3)cn2)CCC1. The second-order valence-electron chi connectivity index (χ2n) is 4.74. The lowest BCUT2D eigenvalue weighted by Gasteiger charge is -2.36. The van der Waals surface area contributed by atoms with Crippen molar-refractivity contribution in [2.45, 2.75) is 31.4 Å². The summed E-state index contributed by atoms with van der Waals surface area (Å²) in [5, 5.41) is 14.4. The van der Waals surface area contributed by atoms with Crippen molar-refractivity contribution in [2.24, 2.45) is 0 Å². The summed E-state index contributed by atoms with van der Waals surface area (Å²) in [6.07, 6.45) is 10.2.